The zero-order valence-corrected chi connectivity index (χ0v) is 16.7. The molecule has 6 amide bonds. The average molecular weight is 396 g/mol. The average Bonchev–Trinajstić information content (AvgIpc) is 2.81. The first-order valence-corrected chi connectivity index (χ1v) is 9.51. The maximum absolute atomic E-state index is 12.8. The highest BCUT2D eigenvalue weighted by molar-refractivity contribution is 6.09. The number of hydrogen-bond acceptors (Lipinski definition) is 6. The number of nitrogens with zero attached hydrogens (tertiary/aromatic N) is 1. The second kappa shape index (κ2) is 8.57. The van der Waals surface area contributed by atoms with Crippen LogP contribution in [0.3, 0.4) is 0 Å². The summed E-state index contributed by atoms with van der Waals surface area (Å²) >= 11 is 0. The molecule has 1 saturated carbocycles. The Kier molecular flexibility index (Phi) is 6.63. The summed E-state index contributed by atoms with van der Waals surface area (Å²) in [6.45, 7) is 6.08. The Morgan fingerprint density at radius 3 is 2.54 bits per heavy atom. The molecule has 156 valence electrons. The standard InChI is InChI=1S/C18H28N4O6/c1-10(2)19-16(26)20-14(24)12(4)28-13(23)9-22-15(25)18(21-17(22)27)8-6-5-7-11(18)3/h10-12H,5-9H2,1-4H3,(H,21,27)(H2,19,20,24,26)/t11-,12-,18+/m0/s1. The van der Waals surface area contributed by atoms with E-state index in [1.165, 1.54) is 6.92 Å². The third-order valence-electron chi connectivity index (χ3n) is 5.12. The number of urea groups is 2. The topological polar surface area (TPSA) is 134 Å². The number of nitrogens with one attached hydrogen (secondary N) is 3. The molecule has 28 heavy (non-hydrogen) atoms. The predicted molar refractivity (Wildman–Crippen MR) is 98.0 cm³/mol. The highest BCUT2D eigenvalue weighted by Crippen LogP contribution is 2.38. The van der Waals surface area contributed by atoms with Crippen molar-refractivity contribution in [1.82, 2.24) is 20.9 Å². The number of rotatable bonds is 5. The van der Waals surface area contributed by atoms with Crippen LogP contribution in [0.25, 0.3) is 0 Å². The first-order valence-electron chi connectivity index (χ1n) is 9.51. The van der Waals surface area contributed by atoms with Gasteiger partial charge in [0.15, 0.2) is 6.10 Å². The minimum absolute atomic E-state index is 0.0251. The third kappa shape index (κ3) is 4.60. The highest BCUT2D eigenvalue weighted by Gasteiger charge is 2.55. The van der Waals surface area contributed by atoms with Gasteiger partial charge in [0.2, 0.25) is 0 Å². The SMILES string of the molecule is CC(C)NC(=O)NC(=O)[C@H](C)OC(=O)CN1C(=O)N[C@@]2(CCCC[C@@H]2C)C1=O. The molecular formula is C18H28N4O6. The number of amides is 6. The van der Waals surface area contributed by atoms with Gasteiger partial charge in [-0.3, -0.25) is 24.6 Å². The fraction of sp³-hybridized carbons (Fsp3) is 0.722. The molecule has 0 aromatic rings. The van der Waals surface area contributed by atoms with Gasteiger partial charge < -0.3 is 15.4 Å². The molecule has 0 radical (unpaired) electrons. The second-order valence-corrected chi connectivity index (χ2v) is 7.69. The van der Waals surface area contributed by atoms with Gasteiger partial charge in [0.05, 0.1) is 0 Å². The number of ether oxygens (including phenoxy) is 1. The van der Waals surface area contributed by atoms with E-state index in [0.29, 0.717) is 6.42 Å². The van der Waals surface area contributed by atoms with Crippen molar-refractivity contribution in [3.63, 3.8) is 0 Å². The molecule has 0 aromatic carbocycles. The molecule has 3 atom stereocenters. The number of carbonyl (C=O) groups excluding carboxylic acids is 5. The summed E-state index contributed by atoms with van der Waals surface area (Å²) in [6, 6.07) is -1.51. The molecule has 10 nitrogen and oxygen atoms in total. The lowest BCUT2D eigenvalue weighted by Crippen LogP contribution is -2.54. The van der Waals surface area contributed by atoms with E-state index in [4.69, 9.17) is 4.74 Å². The molecule has 1 aliphatic carbocycles. The van der Waals surface area contributed by atoms with Crippen molar-refractivity contribution in [2.24, 2.45) is 5.92 Å². The first kappa shape index (κ1) is 21.6. The molecule has 1 heterocycles. The van der Waals surface area contributed by atoms with Gasteiger partial charge in [-0.1, -0.05) is 19.8 Å². The van der Waals surface area contributed by atoms with Gasteiger partial charge in [-0.05, 0) is 39.5 Å². The molecule has 2 rings (SSSR count). The number of hydrogen-bond donors (Lipinski definition) is 3. The normalized spacial score (nSPS) is 25.5. The van der Waals surface area contributed by atoms with Crippen LogP contribution in [0.4, 0.5) is 9.59 Å². The highest BCUT2D eigenvalue weighted by atomic mass is 16.5. The van der Waals surface area contributed by atoms with E-state index >= 15 is 0 Å². The van der Waals surface area contributed by atoms with Crippen LogP contribution in [-0.4, -0.2) is 59.0 Å². The Hall–Kier alpha value is -2.65. The lowest BCUT2D eigenvalue weighted by molar-refractivity contribution is -0.156. The minimum Gasteiger partial charge on any atom is -0.451 e. The Morgan fingerprint density at radius 2 is 1.93 bits per heavy atom. The van der Waals surface area contributed by atoms with E-state index in [-0.39, 0.29) is 12.0 Å². The summed E-state index contributed by atoms with van der Waals surface area (Å²) in [5, 5.41) is 7.27. The van der Waals surface area contributed by atoms with E-state index in [1.54, 1.807) is 13.8 Å². The quantitative estimate of drug-likeness (QED) is 0.461. The van der Waals surface area contributed by atoms with E-state index in [2.05, 4.69) is 16.0 Å². The van der Waals surface area contributed by atoms with E-state index in [0.717, 1.165) is 24.2 Å². The van der Waals surface area contributed by atoms with Gasteiger partial charge in [0.1, 0.15) is 12.1 Å². The number of esters is 1. The fourth-order valence-corrected chi connectivity index (χ4v) is 3.57. The molecule has 0 bridgehead atoms. The van der Waals surface area contributed by atoms with Crippen molar-refractivity contribution in [3.05, 3.63) is 0 Å². The Morgan fingerprint density at radius 1 is 1.25 bits per heavy atom. The largest absolute Gasteiger partial charge is 0.451 e. The summed E-state index contributed by atoms with van der Waals surface area (Å²) in [7, 11) is 0. The zero-order valence-electron chi connectivity index (χ0n) is 16.7. The molecule has 1 saturated heterocycles. The van der Waals surface area contributed by atoms with Crippen LogP contribution < -0.4 is 16.0 Å². The molecule has 2 aliphatic rings. The van der Waals surface area contributed by atoms with Crippen LogP contribution in [0.2, 0.25) is 0 Å². The maximum Gasteiger partial charge on any atom is 0.327 e. The molecule has 1 spiro atoms. The van der Waals surface area contributed by atoms with Gasteiger partial charge in [-0.25, -0.2) is 9.59 Å². The van der Waals surface area contributed by atoms with Crippen LogP contribution in [0.5, 0.6) is 0 Å². The summed E-state index contributed by atoms with van der Waals surface area (Å²) in [5.74, 6) is -2.17. The van der Waals surface area contributed by atoms with E-state index in [1.807, 2.05) is 6.92 Å². The molecule has 10 heteroatoms. The van der Waals surface area contributed by atoms with Crippen molar-refractivity contribution in [1.29, 1.82) is 0 Å². The lowest BCUT2D eigenvalue weighted by atomic mass is 9.73. The first-order chi connectivity index (χ1) is 13.1. The van der Waals surface area contributed by atoms with Crippen LogP contribution >= 0.6 is 0 Å². The van der Waals surface area contributed by atoms with Crippen LogP contribution in [0.1, 0.15) is 53.4 Å². The zero-order chi connectivity index (χ0) is 21.1. The Balaban J connectivity index is 1.92. The fourth-order valence-electron chi connectivity index (χ4n) is 3.57. The third-order valence-corrected chi connectivity index (χ3v) is 5.12. The van der Waals surface area contributed by atoms with Crippen molar-refractivity contribution < 1.29 is 28.7 Å². The van der Waals surface area contributed by atoms with Crippen LogP contribution in [-0.2, 0) is 19.1 Å². The minimum atomic E-state index is -1.26. The van der Waals surface area contributed by atoms with Crippen molar-refractivity contribution in [2.75, 3.05) is 6.54 Å². The van der Waals surface area contributed by atoms with Crippen LogP contribution in [0, 0.1) is 5.92 Å². The summed E-state index contributed by atoms with van der Waals surface area (Å²) in [6.07, 6.45) is 1.91. The smallest absolute Gasteiger partial charge is 0.327 e. The molecular weight excluding hydrogens is 368 g/mol. The number of imide groups is 2. The predicted octanol–water partition coefficient (Wildman–Crippen LogP) is 0.653. The van der Waals surface area contributed by atoms with Crippen molar-refractivity contribution in [2.45, 2.75) is 71.1 Å². The summed E-state index contributed by atoms with van der Waals surface area (Å²) < 4.78 is 4.97. The van der Waals surface area contributed by atoms with Gasteiger partial charge in [-0.15, -0.1) is 0 Å². The van der Waals surface area contributed by atoms with Crippen molar-refractivity contribution in [3.8, 4) is 0 Å². The van der Waals surface area contributed by atoms with Gasteiger partial charge in [0.25, 0.3) is 11.8 Å². The van der Waals surface area contributed by atoms with Crippen LogP contribution in [0.15, 0.2) is 0 Å². The molecule has 2 fully saturated rings. The molecule has 0 unspecified atom stereocenters. The number of carbonyl (C=O) groups is 5. The Bertz CT molecular complexity index is 679. The Labute approximate surface area is 163 Å². The van der Waals surface area contributed by atoms with Crippen molar-refractivity contribution >= 4 is 29.8 Å². The van der Waals surface area contributed by atoms with Gasteiger partial charge in [-0.2, -0.15) is 0 Å². The second-order valence-electron chi connectivity index (χ2n) is 7.69. The monoisotopic (exact) mass is 396 g/mol. The maximum atomic E-state index is 12.8. The summed E-state index contributed by atoms with van der Waals surface area (Å²) in [4.78, 5) is 61.5. The lowest BCUT2D eigenvalue weighted by Gasteiger charge is -2.36. The van der Waals surface area contributed by atoms with E-state index < -0.39 is 48.0 Å². The molecule has 1 aliphatic heterocycles. The molecule has 0 aromatic heterocycles. The van der Waals surface area contributed by atoms with Gasteiger partial charge in [0, 0.05) is 6.04 Å². The van der Waals surface area contributed by atoms with E-state index in [9.17, 15) is 24.0 Å². The van der Waals surface area contributed by atoms with Gasteiger partial charge >= 0.3 is 18.0 Å². The summed E-state index contributed by atoms with van der Waals surface area (Å²) in [5.41, 5.74) is -0.965. The molecule has 3 N–H and O–H groups in total.